The normalized spacial score (nSPS) is 15.2. The van der Waals surface area contributed by atoms with E-state index in [4.69, 9.17) is 9.96 Å². The first-order valence-corrected chi connectivity index (χ1v) is 11.8. The Hall–Kier alpha value is -2.15. The van der Waals surface area contributed by atoms with Crippen LogP contribution in [0.2, 0.25) is 5.04 Å². The van der Waals surface area contributed by atoms with Crippen LogP contribution in [0.5, 0.6) is 0 Å². The topological polar surface area (TPSA) is 98.5 Å². The van der Waals surface area contributed by atoms with Crippen LogP contribution in [0.25, 0.3) is 10.4 Å². The largest absolute Gasteiger partial charge is 0.407 e. The Morgan fingerprint density at radius 1 is 1.00 bits per heavy atom. The van der Waals surface area contributed by atoms with Gasteiger partial charge in [0, 0.05) is 11.5 Å². The summed E-state index contributed by atoms with van der Waals surface area (Å²) >= 11 is 0. The SMILES string of the molecule is CC[C@@H](O)[C@@H](O)[C@H](CO[Si](c1ccccc1)(c1ccccc1)C(C)(C)C)N=[N+]=[N-]. The molecule has 0 aliphatic carbocycles. The molecule has 0 radical (unpaired) electrons. The highest BCUT2D eigenvalue weighted by Crippen LogP contribution is 2.37. The second kappa shape index (κ2) is 10.0. The molecule has 6 nitrogen and oxygen atoms in total. The van der Waals surface area contributed by atoms with Crippen molar-refractivity contribution in [1.82, 2.24) is 0 Å². The molecule has 0 aliphatic rings. The molecule has 3 atom stereocenters. The summed E-state index contributed by atoms with van der Waals surface area (Å²) in [6.07, 6.45) is -1.81. The Bertz CT molecular complexity index is 766. The summed E-state index contributed by atoms with van der Waals surface area (Å²) in [5, 5.41) is 26.2. The Labute approximate surface area is 173 Å². The maximum atomic E-state index is 10.5. The van der Waals surface area contributed by atoms with Crippen LogP contribution in [0.4, 0.5) is 0 Å². The minimum absolute atomic E-state index is 0.0234. The molecule has 0 fully saturated rings. The van der Waals surface area contributed by atoms with E-state index in [2.05, 4.69) is 55.1 Å². The molecule has 0 saturated carbocycles. The zero-order chi connectivity index (χ0) is 21.5. The molecule has 7 heteroatoms. The summed E-state index contributed by atoms with van der Waals surface area (Å²) in [7, 11) is -2.81. The fourth-order valence-electron chi connectivity index (χ4n) is 3.74. The average Bonchev–Trinajstić information content (AvgIpc) is 2.72. The number of rotatable bonds is 9. The monoisotopic (exact) mass is 413 g/mol. The predicted octanol–water partition coefficient (Wildman–Crippen LogP) is 3.37. The van der Waals surface area contributed by atoms with Gasteiger partial charge in [0.05, 0.1) is 18.2 Å². The molecule has 2 aromatic carbocycles. The van der Waals surface area contributed by atoms with Gasteiger partial charge in [-0.15, -0.1) is 0 Å². The standard InChI is InChI=1S/C22H31N3O3Si/c1-5-20(26)21(27)19(24-25-23)16-28-29(22(2,3)4,17-12-8-6-9-13-17)18-14-10-7-11-15-18/h6-15,19-21,26-27H,5,16H2,1-4H3/t19-,20+,21-/m0/s1. The maximum absolute atomic E-state index is 10.5. The van der Waals surface area contributed by atoms with Gasteiger partial charge in [-0.1, -0.05) is 93.5 Å². The first kappa shape index (κ1) is 23.1. The third-order valence-electron chi connectivity index (χ3n) is 5.29. The van der Waals surface area contributed by atoms with Crippen LogP contribution in [0.15, 0.2) is 65.8 Å². The number of nitrogens with zero attached hydrogens (tertiary/aromatic N) is 3. The molecular formula is C22H31N3O3Si. The highest BCUT2D eigenvalue weighted by atomic mass is 28.4. The van der Waals surface area contributed by atoms with Gasteiger partial charge in [-0.05, 0) is 27.4 Å². The average molecular weight is 414 g/mol. The number of azide groups is 1. The lowest BCUT2D eigenvalue weighted by Crippen LogP contribution is -2.67. The third-order valence-corrected chi connectivity index (χ3v) is 10.3. The molecule has 0 amide bonds. The summed E-state index contributed by atoms with van der Waals surface area (Å²) in [6, 6.07) is 19.3. The smallest absolute Gasteiger partial charge is 0.261 e. The van der Waals surface area contributed by atoms with E-state index in [-0.39, 0.29) is 11.6 Å². The molecular weight excluding hydrogens is 382 g/mol. The zero-order valence-corrected chi connectivity index (χ0v) is 18.6. The molecule has 0 heterocycles. The van der Waals surface area contributed by atoms with Crippen LogP contribution in [-0.2, 0) is 4.43 Å². The first-order chi connectivity index (χ1) is 13.8. The van der Waals surface area contributed by atoms with Crippen LogP contribution in [-0.4, -0.2) is 43.4 Å². The second-order valence-electron chi connectivity index (χ2n) is 8.21. The van der Waals surface area contributed by atoms with E-state index in [1.807, 2.05) is 36.4 Å². The molecule has 0 aliphatic heterocycles. The van der Waals surface area contributed by atoms with Crippen molar-refractivity contribution in [2.75, 3.05) is 6.61 Å². The number of hydrogen-bond donors (Lipinski definition) is 2. The van der Waals surface area contributed by atoms with E-state index < -0.39 is 26.6 Å². The Morgan fingerprint density at radius 3 is 1.86 bits per heavy atom. The molecule has 29 heavy (non-hydrogen) atoms. The van der Waals surface area contributed by atoms with Gasteiger partial charge in [0.25, 0.3) is 8.32 Å². The molecule has 2 rings (SSSR count). The van der Waals surface area contributed by atoms with Gasteiger partial charge >= 0.3 is 0 Å². The Kier molecular flexibility index (Phi) is 8.02. The van der Waals surface area contributed by atoms with Gasteiger partial charge < -0.3 is 14.6 Å². The van der Waals surface area contributed by atoms with E-state index in [1.54, 1.807) is 6.92 Å². The fourth-order valence-corrected chi connectivity index (χ4v) is 8.31. The number of hydrogen-bond acceptors (Lipinski definition) is 4. The minimum Gasteiger partial charge on any atom is -0.407 e. The second-order valence-corrected chi connectivity index (χ2v) is 12.5. The molecule has 0 spiro atoms. The molecule has 2 N–H and O–H groups in total. The lowest BCUT2D eigenvalue weighted by Gasteiger charge is -2.43. The number of aliphatic hydroxyl groups excluding tert-OH is 2. The van der Waals surface area contributed by atoms with Crippen molar-refractivity contribution in [3.05, 3.63) is 71.1 Å². The van der Waals surface area contributed by atoms with Gasteiger partial charge in [0.2, 0.25) is 0 Å². The highest BCUT2D eigenvalue weighted by Gasteiger charge is 2.50. The third kappa shape index (κ3) is 5.07. The lowest BCUT2D eigenvalue weighted by atomic mass is 10.1. The molecule has 156 valence electrons. The number of benzene rings is 2. The van der Waals surface area contributed by atoms with Gasteiger partial charge in [-0.2, -0.15) is 0 Å². The van der Waals surface area contributed by atoms with Gasteiger partial charge in [0.1, 0.15) is 0 Å². The summed E-state index contributed by atoms with van der Waals surface area (Å²) in [5.41, 5.74) is 8.98. The van der Waals surface area contributed by atoms with E-state index in [1.165, 1.54) is 0 Å². The molecule has 0 unspecified atom stereocenters. The van der Waals surface area contributed by atoms with Crippen molar-refractivity contribution in [3.8, 4) is 0 Å². The van der Waals surface area contributed by atoms with E-state index >= 15 is 0 Å². The van der Waals surface area contributed by atoms with Gasteiger partial charge in [-0.25, -0.2) is 0 Å². The lowest BCUT2D eigenvalue weighted by molar-refractivity contribution is -0.00693. The summed E-state index contributed by atoms with van der Waals surface area (Å²) in [4.78, 5) is 2.87. The molecule has 2 aromatic rings. The summed E-state index contributed by atoms with van der Waals surface area (Å²) < 4.78 is 6.70. The van der Waals surface area contributed by atoms with Crippen molar-refractivity contribution in [1.29, 1.82) is 0 Å². The molecule has 0 saturated heterocycles. The van der Waals surface area contributed by atoms with Gasteiger partial charge in [0.15, 0.2) is 0 Å². The Balaban J connectivity index is 2.54. The summed E-state index contributed by atoms with van der Waals surface area (Å²) in [5.74, 6) is 0. The van der Waals surface area contributed by atoms with E-state index in [9.17, 15) is 10.2 Å². The first-order valence-electron chi connectivity index (χ1n) is 9.93. The van der Waals surface area contributed by atoms with Gasteiger partial charge in [-0.3, -0.25) is 0 Å². The van der Waals surface area contributed by atoms with Crippen LogP contribution in [0, 0.1) is 0 Å². The quantitative estimate of drug-likeness (QED) is 0.285. The predicted molar refractivity (Wildman–Crippen MR) is 119 cm³/mol. The van der Waals surface area contributed by atoms with Crippen molar-refractivity contribution >= 4 is 18.7 Å². The van der Waals surface area contributed by atoms with E-state index in [0.717, 1.165) is 10.4 Å². The fraction of sp³-hybridized carbons (Fsp3) is 0.455. The van der Waals surface area contributed by atoms with Crippen molar-refractivity contribution < 1.29 is 14.6 Å². The van der Waals surface area contributed by atoms with Crippen LogP contribution < -0.4 is 10.4 Å². The number of aliphatic hydroxyl groups is 2. The zero-order valence-electron chi connectivity index (χ0n) is 17.6. The van der Waals surface area contributed by atoms with Crippen molar-refractivity contribution in [3.63, 3.8) is 0 Å². The molecule has 0 bridgehead atoms. The van der Waals surface area contributed by atoms with Crippen LogP contribution in [0.3, 0.4) is 0 Å². The maximum Gasteiger partial charge on any atom is 0.261 e. The van der Waals surface area contributed by atoms with Crippen LogP contribution in [0.1, 0.15) is 34.1 Å². The minimum atomic E-state index is -2.81. The molecule has 0 aromatic heterocycles. The van der Waals surface area contributed by atoms with Crippen molar-refractivity contribution in [2.45, 2.75) is 57.4 Å². The summed E-state index contributed by atoms with van der Waals surface area (Å²) in [6.45, 7) is 8.25. The van der Waals surface area contributed by atoms with Crippen molar-refractivity contribution in [2.24, 2.45) is 5.11 Å². The Morgan fingerprint density at radius 2 is 1.48 bits per heavy atom. The van der Waals surface area contributed by atoms with Crippen LogP contribution >= 0.6 is 0 Å². The van der Waals surface area contributed by atoms with E-state index in [0.29, 0.717) is 6.42 Å². The highest BCUT2D eigenvalue weighted by molar-refractivity contribution is 6.99.